The van der Waals surface area contributed by atoms with Crippen LogP contribution >= 0.6 is 0 Å². The predicted molar refractivity (Wildman–Crippen MR) is 89.8 cm³/mol. The van der Waals surface area contributed by atoms with Gasteiger partial charge in [0.15, 0.2) is 0 Å². The molecule has 7 heteroatoms. The van der Waals surface area contributed by atoms with Gasteiger partial charge in [-0.1, -0.05) is 18.6 Å². The standard InChI is InChI=1S/C17H22FN3O2S/c1-13-17(24(22,23)20-10-4-3-5-11-20)14(2)21(19-13)12-15-6-8-16(18)9-7-15/h6-9H,3-5,10-12H2,1-2H3. The number of aryl methyl sites for hydroxylation is 1. The lowest BCUT2D eigenvalue weighted by Crippen LogP contribution is -2.36. The van der Waals surface area contributed by atoms with Gasteiger partial charge in [-0.15, -0.1) is 0 Å². The second-order valence-electron chi connectivity index (χ2n) is 6.25. The Morgan fingerprint density at radius 1 is 1.08 bits per heavy atom. The molecule has 1 fully saturated rings. The van der Waals surface area contributed by atoms with Gasteiger partial charge >= 0.3 is 0 Å². The molecule has 0 saturated carbocycles. The molecule has 1 aromatic heterocycles. The summed E-state index contributed by atoms with van der Waals surface area (Å²) in [6, 6.07) is 6.16. The first-order valence-electron chi connectivity index (χ1n) is 8.18. The zero-order valence-corrected chi connectivity index (χ0v) is 14.8. The van der Waals surface area contributed by atoms with Crippen LogP contribution in [0.2, 0.25) is 0 Å². The first-order chi connectivity index (χ1) is 11.4. The molecule has 1 aromatic carbocycles. The minimum Gasteiger partial charge on any atom is -0.264 e. The summed E-state index contributed by atoms with van der Waals surface area (Å²) in [5.74, 6) is -0.291. The minimum absolute atomic E-state index is 0.291. The predicted octanol–water partition coefficient (Wildman–Crippen LogP) is 2.86. The van der Waals surface area contributed by atoms with Crippen molar-refractivity contribution < 1.29 is 12.8 Å². The van der Waals surface area contributed by atoms with E-state index in [1.807, 2.05) is 0 Å². The molecule has 3 rings (SSSR count). The van der Waals surface area contributed by atoms with Gasteiger partial charge in [-0.05, 0) is 44.4 Å². The molecule has 0 atom stereocenters. The molecule has 0 unspecified atom stereocenters. The van der Waals surface area contributed by atoms with Crippen LogP contribution in [0, 0.1) is 19.7 Å². The van der Waals surface area contributed by atoms with E-state index in [4.69, 9.17) is 0 Å². The Hall–Kier alpha value is -1.73. The number of hydrogen-bond acceptors (Lipinski definition) is 3. The maximum absolute atomic E-state index is 13.0. The molecule has 1 saturated heterocycles. The zero-order chi connectivity index (χ0) is 17.3. The Morgan fingerprint density at radius 2 is 1.71 bits per heavy atom. The van der Waals surface area contributed by atoms with Crippen LogP contribution in [0.3, 0.4) is 0 Å². The van der Waals surface area contributed by atoms with Gasteiger partial charge in [-0.3, -0.25) is 4.68 Å². The second kappa shape index (κ2) is 6.64. The van der Waals surface area contributed by atoms with Crippen LogP contribution < -0.4 is 0 Å². The molecule has 5 nitrogen and oxygen atoms in total. The Morgan fingerprint density at radius 3 is 2.33 bits per heavy atom. The Labute approximate surface area is 142 Å². The van der Waals surface area contributed by atoms with Crippen LogP contribution in [-0.2, 0) is 16.6 Å². The Kier molecular flexibility index (Phi) is 4.73. The van der Waals surface area contributed by atoms with Crippen LogP contribution in [0.5, 0.6) is 0 Å². The summed E-state index contributed by atoms with van der Waals surface area (Å²) < 4.78 is 42.2. The summed E-state index contributed by atoms with van der Waals surface area (Å²) in [5.41, 5.74) is 2.02. The Bertz CT molecular complexity index is 822. The highest BCUT2D eigenvalue weighted by atomic mass is 32.2. The van der Waals surface area contributed by atoms with Gasteiger partial charge in [-0.25, -0.2) is 12.8 Å². The molecule has 0 bridgehead atoms. The molecule has 24 heavy (non-hydrogen) atoms. The average Bonchev–Trinajstić information content (AvgIpc) is 2.85. The van der Waals surface area contributed by atoms with Crippen molar-refractivity contribution in [1.82, 2.24) is 14.1 Å². The summed E-state index contributed by atoms with van der Waals surface area (Å²) in [6.45, 7) is 5.07. The normalized spacial score (nSPS) is 16.5. The maximum atomic E-state index is 13.0. The van der Waals surface area contributed by atoms with E-state index in [9.17, 15) is 12.8 Å². The van der Waals surface area contributed by atoms with Crippen LogP contribution in [0.1, 0.15) is 36.2 Å². The molecule has 1 aliphatic heterocycles. The number of hydrogen-bond donors (Lipinski definition) is 0. The molecular formula is C17H22FN3O2S. The summed E-state index contributed by atoms with van der Waals surface area (Å²) in [4.78, 5) is 0.312. The fourth-order valence-electron chi connectivity index (χ4n) is 3.20. The van der Waals surface area contributed by atoms with E-state index in [0.29, 0.717) is 35.9 Å². The van der Waals surface area contributed by atoms with Gasteiger partial charge in [0.05, 0.1) is 17.9 Å². The first-order valence-corrected chi connectivity index (χ1v) is 9.62. The topological polar surface area (TPSA) is 55.2 Å². The number of sulfonamides is 1. The van der Waals surface area contributed by atoms with E-state index in [1.165, 1.54) is 12.1 Å². The quantitative estimate of drug-likeness (QED) is 0.851. The SMILES string of the molecule is Cc1nn(Cc2ccc(F)cc2)c(C)c1S(=O)(=O)N1CCCCC1. The van der Waals surface area contributed by atoms with Crippen LogP contribution in [0.25, 0.3) is 0 Å². The fourth-order valence-corrected chi connectivity index (χ4v) is 5.09. The van der Waals surface area contributed by atoms with Crippen LogP contribution in [-0.4, -0.2) is 35.6 Å². The molecule has 1 aliphatic rings. The molecule has 0 aliphatic carbocycles. The van der Waals surface area contributed by atoms with E-state index >= 15 is 0 Å². The van der Waals surface area contributed by atoms with Crippen molar-refractivity contribution in [3.05, 3.63) is 47.0 Å². The second-order valence-corrected chi connectivity index (χ2v) is 8.12. The average molecular weight is 351 g/mol. The minimum atomic E-state index is -3.51. The van der Waals surface area contributed by atoms with E-state index < -0.39 is 10.0 Å². The molecule has 130 valence electrons. The number of aromatic nitrogens is 2. The number of nitrogens with zero attached hydrogens (tertiary/aromatic N) is 3. The first kappa shape index (κ1) is 17.1. The van der Waals surface area contributed by atoms with Gasteiger partial charge in [0.1, 0.15) is 10.7 Å². The summed E-state index contributed by atoms with van der Waals surface area (Å²) in [6.07, 6.45) is 2.88. The number of rotatable bonds is 4. The van der Waals surface area contributed by atoms with Gasteiger partial charge in [-0.2, -0.15) is 9.40 Å². The van der Waals surface area contributed by atoms with Crippen LogP contribution in [0.4, 0.5) is 4.39 Å². The van der Waals surface area contributed by atoms with Gasteiger partial charge in [0, 0.05) is 13.1 Å². The fraction of sp³-hybridized carbons (Fsp3) is 0.471. The Balaban J connectivity index is 1.92. The zero-order valence-electron chi connectivity index (χ0n) is 14.0. The monoisotopic (exact) mass is 351 g/mol. The van der Waals surface area contributed by atoms with E-state index in [0.717, 1.165) is 24.8 Å². The molecule has 2 heterocycles. The van der Waals surface area contributed by atoms with Crippen molar-refractivity contribution >= 4 is 10.0 Å². The van der Waals surface area contributed by atoms with Gasteiger partial charge in [0.25, 0.3) is 0 Å². The largest absolute Gasteiger partial charge is 0.264 e. The third-order valence-electron chi connectivity index (χ3n) is 4.47. The lowest BCUT2D eigenvalue weighted by molar-refractivity contribution is 0.346. The van der Waals surface area contributed by atoms with E-state index in [1.54, 1.807) is 35.0 Å². The van der Waals surface area contributed by atoms with E-state index in [2.05, 4.69) is 5.10 Å². The lowest BCUT2D eigenvalue weighted by atomic mass is 10.2. The van der Waals surface area contributed by atoms with Crippen LogP contribution in [0.15, 0.2) is 29.2 Å². The highest BCUT2D eigenvalue weighted by molar-refractivity contribution is 7.89. The third-order valence-corrected chi connectivity index (χ3v) is 6.63. The van der Waals surface area contributed by atoms with Gasteiger partial charge in [0.2, 0.25) is 10.0 Å². The van der Waals surface area contributed by atoms with Crippen molar-refractivity contribution in [2.45, 2.75) is 44.6 Å². The van der Waals surface area contributed by atoms with Crippen molar-refractivity contribution in [1.29, 1.82) is 0 Å². The smallest absolute Gasteiger partial charge is 0.246 e. The van der Waals surface area contributed by atoms with Crippen molar-refractivity contribution in [2.75, 3.05) is 13.1 Å². The maximum Gasteiger partial charge on any atom is 0.246 e. The van der Waals surface area contributed by atoms with Crippen molar-refractivity contribution in [3.8, 4) is 0 Å². The van der Waals surface area contributed by atoms with E-state index in [-0.39, 0.29) is 5.82 Å². The molecule has 0 N–H and O–H groups in total. The molecule has 0 radical (unpaired) electrons. The molecule has 2 aromatic rings. The molecule has 0 spiro atoms. The lowest BCUT2D eigenvalue weighted by Gasteiger charge is -2.26. The number of halogens is 1. The molecule has 0 amide bonds. The summed E-state index contributed by atoms with van der Waals surface area (Å²) >= 11 is 0. The summed E-state index contributed by atoms with van der Waals surface area (Å²) in [5, 5.41) is 4.41. The van der Waals surface area contributed by atoms with Crippen molar-refractivity contribution in [3.63, 3.8) is 0 Å². The van der Waals surface area contributed by atoms with Crippen molar-refractivity contribution in [2.24, 2.45) is 0 Å². The third kappa shape index (κ3) is 3.23. The number of piperidine rings is 1. The molecular weight excluding hydrogens is 329 g/mol. The number of benzene rings is 1. The highest BCUT2D eigenvalue weighted by Crippen LogP contribution is 2.26. The van der Waals surface area contributed by atoms with Gasteiger partial charge < -0.3 is 0 Å². The highest BCUT2D eigenvalue weighted by Gasteiger charge is 2.31. The summed E-state index contributed by atoms with van der Waals surface area (Å²) in [7, 11) is -3.51.